The number of rotatable bonds is 5. The summed E-state index contributed by atoms with van der Waals surface area (Å²) in [5.41, 5.74) is -0.199. The standard InChI is InChI=1S/C26H19ClF3N3O2/c1-2-33-25(35)22(24(34)31-18-13-14-20(27)19(15-18)26(28,29)30)21(16-9-5-3-6-10-16)23(32-33)17-11-7-4-8-12-17/h3-15H,2H2,1H3,(H,31,34). The van der Waals surface area contributed by atoms with E-state index in [9.17, 15) is 22.8 Å². The monoisotopic (exact) mass is 497 g/mol. The Hall–Kier alpha value is -3.91. The van der Waals surface area contributed by atoms with Crippen LogP contribution in [0.25, 0.3) is 22.4 Å². The summed E-state index contributed by atoms with van der Waals surface area (Å²) in [6.45, 7) is 1.90. The fraction of sp³-hybridized carbons (Fsp3) is 0.115. The molecule has 3 aromatic carbocycles. The number of alkyl halides is 3. The Morgan fingerprint density at radius 2 is 1.57 bits per heavy atom. The van der Waals surface area contributed by atoms with Gasteiger partial charge in [-0.2, -0.15) is 18.3 Å². The molecule has 0 atom stereocenters. The van der Waals surface area contributed by atoms with Crippen LogP contribution in [0, 0.1) is 0 Å². The summed E-state index contributed by atoms with van der Waals surface area (Å²) in [7, 11) is 0. The fourth-order valence-corrected chi connectivity index (χ4v) is 3.92. The number of hydrogen-bond acceptors (Lipinski definition) is 3. The van der Waals surface area contributed by atoms with E-state index < -0.39 is 28.2 Å². The van der Waals surface area contributed by atoms with E-state index in [-0.39, 0.29) is 23.4 Å². The van der Waals surface area contributed by atoms with Crippen LogP contribution in [-0.4, -0.2) is 15.7 Å². The minimum atomic E-state index is -4.71. The number of halogens is 4. The normalized spacial score (nSPS) is 11.3. The molecule has 5 nitrogen and oxygen atoms in total. The van der Waals surface area contributed by atoms with Gasteiger partial charge in [-0.15, -0.1) is 0 Å². The van der Waals surface area contributed by atoms with Gasteiger partial charge in [0.05, 0.1) is 16.3 Å². The van der Waals surface area contributed by atoms with Gasteiger partial charge >= 0.3 is 6.18 Å². The fourth-order valence-electron chi connectivity index (χ4n) is 3.69. The molecule has 0 saturated heterocycles. The van der Waals surface area contributed by atoms with Gasteiger partial charge in [-0.1, -0.05) is 72.3 Å². The van der Waals surface area contributed by atoms with Gasteiger partial charge in [0.25, 0.3) is 11.5 Å². The third-order valence-electron chi connectivity index (χ3n) is 5.32. The SMILES string of the molecule is CCn1nc(-c2ccccc2)c(-c2ccccc2)c(C(=O)Nc2ccc(Cl)c(C(F)(F)F)c2)c1=O. The lowest BCUT2D eigenvalue weighted by atomic mass is 9.95. The molecule has 0 aliphatic carbocycles. The summed E-state index contributed by atoms with van der Waals surface area (Å²) >= 11 is 5.70. The molecule has 0 fully saturated rings. The van der Waals surface area contributed by atoms with Crippen LogP contribution in [0.15, 0.2) is 83.7 Å². The van der Waals surface area contributed by atoms with Crippen molar-refractivity contribution in [3.05, 3.63) is 105 Å². The van der Waals surface area contributed by atoms with Crippen molar-refractivity contribution in [2.24, 2.45) is 0 Å². The zero-order valence-electron chi connectivity index (χ0n) is 18.4. The lowest BCUT2D eigenvalue weighted by molar-refractivity contribution is -0.137. The van der Waals surface area contributed by atoms with Crippen LogP contribution in [0.1, 0.15) is 22.8 Å². The van der Waals surface area contributed by atoms with Crippen molar-refractivity contribution < 1.29 is 18.0 Å². The van der Waals surface area contributed by atoms with Gasteiger partial charge < -0.3 is 5.32 Å². The van der Waals surface area contributed by atoms with Crippen molar-refractivity contribution in [2.75, 3.05) is 5.32 Å². The second-order valence-corrected chi connectivity index (χ2v) is 8.01. The van der Waals surface area contributed by atoms with Crippen molar-refractivity contribution in [3.63, 3.8) is 0 Å². The Morgan fingerprint density at radius 1 is 0.971 bits per heavy atom. The van der Waals surface area contributed by atoms with E-state index in [1.165, 1.54) is 6.07 Å². The maximum absolute atomic E-state index is 13.5. The molecule has 0 spiro atoms. The highest BCUT2D eigenvalue weighted by molar-refractivity contribution is 6.31. The van der Waals surface area contributed by atoms with Gasteiger partial charge in [0.15, 0.2) is 0 Å². The highest BCUT2D eigenvalue weighted by Gasteiger charge is 2.34. The second kappa shape index (κ2) is 9.76. The Labute approximate surface area is 203 Å². The third-order valence-corrected chi connectivity index (χ3v) is 5.65. The van der Waals surface area contributed by atoms with Crippen molar-refractivity contribution >= 4 is 23.2 Å². The maximum atomic E-state index is 13.5. The summed E-state index contributed by atoms with van der Waals surface area (Å²) in [6.07, 6.45) is -4.71. The van der Waals surface area contributed by atoms with E-state index >= 15 is 0 Å². The van der Waals surface area contributed by atoms with E-state index in [1.54, 1.807) is 61.5 Å². The summed E-state index contributed by atoms with van der Waals surface area (Å²) in [4.78, 5) is 26.8. The van der Waals surface area contributed by atoms with Crippen LogP contribution >= 0.6 is 11.6 Å². The van der Waals surface area contributed by atoms with Crippen LogP contribution in [0.3, 0.4) is 0 Å². The topological polar surface area (TPSA) is 64.0 Å². The van der Waals surface area contributed by atoms with Gasteiger partial charge in [-0.05, 0) is 30.7 Å². The summed E-state index contributed by atoms with van der Waals surface area (Å²) < 4.78 is 41.1. The third kappa shape index (κ3) is 4.97. The van der Waals surface area contributed by atoms with Crippen molar-refractivity contribution in [1.29, 1.82) is 0 Å². The second-order valence-electron chi connectivity index (χ2n) is 7.60. The number of benzene rings is 3. The molecule has 1 heterocycles. The number of nitrogens with one attached hydrogen (secondary N) is 1. The Kier molecular flexibility index (Phi) is 6.75. The maximum Gasteiger partial charge on any atom is 0.417 e. The van der Waals surface area contributed by atoms with Crippen molar-refractivity contribution in [3.8, 4) is 22.4 Å². The van der Waals surface area contributed by atoms with Crippen LogP contribution in [0.5, 0.6) is 0 Å². The largest absolute Gasteiger partial charge is 0.417 e. The molecule has 35 heavy (non-hydrogen) atoms. The van der Waals surface area contributed by atoms with Crippen molar-refractivity contribution in [1.82, 2.24) is 9.78 Å². The average molecular weight is 498 g/mol. The number of aromatic nitrogens is 2. The minimum Gasteiger partial charge on any atom is -0.322 e. The number of hydrogen-bond donors (Lipinski definition) is 1. The van der Waals surface area contributed by atoms with Gasteiger partial charge in [0, 0.05) is 23.4 Å². The zero-order valence-corrected chi connectivity index (χ0v) is 19.2. The average Bonchev–Trinajstić information content (AvgIpc) is 2.85. The van der Waals surface area contributed by atoms with Crippen LogP contribution in [0.2, 0.25) is 5.02 Å². The smallest absolute Gasteiger partial charge is 0.322 e. The molecule has 4 rings (SSSR count). The van der Waals surface area contributed by atoms with E-state index in [4.69, 9.17) is 11.6 Å². The Morgan fingerprint density at radius 3 is 2.14 bits per heavy atom. The molecule has 1 amide bonds. The quantitative estimate of drug-likeness (QED) is 0.341. The molecular formula is C26H19ClF3N3O2. The van der Waals surface area contributed by atoms with Gasteiger partial charge in [0.2, 0.25) is 0 Å². The van der Waals surface area contributed by atoms with Crippen LogP contribution in [0.4, 0.5) is 18.9 Å². The highest BCUT2D eigenvalue weighted by atomic mass is 35.5. The lowest BCUT2D eigenvalue weighted by Gasteiger charge is -2.17. The molecular weight excluding hydrogens is 479 g/mol. The molecule has 0 unspecified atom stereocenters. The van der Waals surface area contributed by atoms with Gasteiger partial charge in [0.1, 0.15) is 5.56 Å². The Balaban J connectivity index is 1.93. The number of nitrogens with zero attached hydrogens (tertiary/aromatic N) is 2. The molecule has 0 aliphatic heterocycles. The van der Waals surface area contributed by atoms with E-state index in [0.717, 1.165) is 16.8 Å². The molecule has 0 saturated carbocycles. The first kappa shape index (κ1) is 24.2. The van der Waals surface area contributed by atoms with E-state index in [0.29, 0.717) is 16.8 Å². The molecule has 0 aliphatic rings. The molecule has 4 aromatic rings. The number of anilines is 1. The van der Waals surface area contributed by atoms with Gasteiger partial charge in [-0.3, -0.25) is 9.59 Å². The molecule has 1 N–H and O–H groups in total. The van der Waals surface area contributed by atoms with E-state index in [1.807, 2.05) is 6.07 Å². The summed E-state index contributed by atoms with van der Waals surface area (Å²) in [6, 6.07) is 20.8. The summed E-state index contributed by atoms with van der Waals surface area (Å²) in [5.74, 6) is -0.855. The molecule has 0 bridgehead atoms. The number of amides is 1. The summed E-state index contributed by atoms with van der Waals surface area (Å²) in [5, 5.41) is 6.45. The van der Waals surface area contributed by atoms with E-state index in [2.05, 4.69) is 10.4 Å². The number of carbonyl (C=O) groups is 1. The molecule has 9 heteroatoms. The van der Waals surface area contributed by atoms with Gasteiger partial charge in [-0.25, -0.2) is 4.68 Å². The molecule has 0 radical (unpaired) electrons. The predicted octanol–water partition coefficient (Wildman–Crippen LogP) is 6.52. The molecule has 1 aromatic heterocycles. The highest BCUT2D eigenvalue weighted by Crippen LogP contribution is 2.37. The first-order chi connectivity index (χ1) is 16.7. The first-order valence-electron chi connectivity index (χ1n) is 10.6. The van der Waals surface area contributed by atoms with Crippen molar-refractivity contribution in [2.45, 2.75) is 19.6 Å². The molecule has 178 valence electrons. The van der Waals surface area contributed by atoms with Crippen LogP contribution in [-0.2, 0) is 12.7 Å². The number of aryl methyl sites for hydroxylation is 1. The van der Waals surface area contributed by atoms with Crippen LogP contribution < -0.4 is 10.9 Å². The number of carbonyl (C=O) groups excluding carboxylic acids is 1. The minimum absolute atomic E-state index is 0.147. The Bertz CT molecular complexity index is 1440. The predicted molar refractivity (Wildman–Crippen MR) is 129 cm³/mol. The first-order valence-corrected chi connectivity index (χ1v) is 11.0. The lowest BCUT2D eigenvalue weighted by Crippen LogP contribution is -2.32. The zero-order chi connectivity index (χ0) is 25.2.